The summed E-state index contributed by atoms with van der Waals surface area (Å²) < 4.78 is 10.8. The first-order valence-electron chi connectivity index (χ1n) is 7.41. The zero-order chi connectivity index (χ0) is 15.3. The molecule has 0 radical (unpaired) electrons. The zero-order valence-electron chi connectivity index (χ0n) is 12.6. The molecule has 4 heteroatoms. The van der Waals surface area contributed by atoms with E-state index in [9.17, 15) is 5.11 Å². The summed E-state index contributed by atoms with van der Waals surface area (Å²) in [5, 5.41) is 13.5. The molecule has 0 amide bonds. The Labute approximate surface area is 128 Å². The van der Waals surface area contributed by atoms with E-state index >= 15 is 0 Å². The molecule has 1 aliphatic carbocycles. The number of phenolic OH excluding ortho intramolecular Hbond substituents is 1. The third-order valence-corrected chi connectivity index (χ3v) is 4.53. The summed E-state index contributed by atoms with van der Waals surface area (Å²) in [6.07, 6.45) is 4.81. The summed E-state index contributed by atoms with van der Waals surface area (Å²) in [7, 11) is 3.21. The van der Waals surface area contributed by atoms with Crippen molar-refractivity contribution >= 4 is 21.7 Å². The Morgan fingerprint density at radius 1 is 1.05 bits per heavy atom. The smallest absolute Gasteiger partial charge is 0.161 e. The van der Waals surface area contributed by atoms with Gasteiger partial charge < -0.3 is 14.6 Å². The lowest BCUT2D eigenvalue weighted by atomic mass is 9.87. The van der Waals surface area contributed by atoms with Crippen LogP contribution in [0, 0.1) is 0 Å². The number of nitrogens with zero attached hydrogens (tertiary/aromatic N) is 1. The Hall–Kier alpha value is -2.49. The minimum absolute atomic E-state index is 0.345. The third-order valence-electron chi connectivity index (χ3n) is 4.53. The quantitative estimate of drug-likeness (QED) is 0.734. The molecule has 2 aromatic carbocycles. The van der Waals surface area contributed by atoms with Gasteiger partial charge in [0, 0.05) is 27.9 Å². The van der Waals surface area contributed by atoms with E-state index < -0.39 is 0 Å². The molecule has 1 aliphatic rings. The van der Waals surface area contributed by atoms with Crippen LogP contribution in [-0.4, -0.2) is 24.3 Å². The molecule has 1 N–H and O–H groups in total. The van der Waals surface area contributed by atoms with Crippen LogP contribution in [0.4, 0.5) is 0 Å². The van der Waals surface area contributed by atoms with Gasteiger partial charge in [0.15, 0.2) is 11.5 Å². The van der Waals surface area contributed by atoms with E-state index in [1.165, 1.54) is 5.56 Å². The number of aromatic hydroxyl groups is 1. The molecule has 22 heavy (non-hydrogen) atoms. The molecule has 0 saturated carbocycles. The number of phenols is 1. The molecule has 0 bridgehead atoms. The lowest BCUT2D eigenvalue weighted by Gasteiger charge is -2.20. The zero-order valence-corrected chi connectivity index (χ0v) is 12.6. The molecule has 0 unspecified atom stereocenters. The molecule has 112 valence electrons. The Bertz CT molecular complexity index is 902. The van der Waals surface area contributed by atoms with Gasteiger partial charge >= 0.3 is 0 Å². The van der Waals surface area contributed by atoms with Gasteiger partial charge in [-0.2, -0.15) is 0 Å². The predicted octanol–water partition coefficient (Wildman–Crippen LogP) is 3.60. The fraction of sp³-hybridized carbons (Fsp3) is 0.278. The van der Waals surface area contributed by atoms with Crippen LogP contribution >= 0.6 is 0 Å². The van der Waals surface area contributed by atoms with Gasteiger partial charge in [-0.25, -0.2) is 0 Å². The fourth-order valence-corrected chi connectivity index (χ4v) is 3.50. The van der Waals surface area contributed by atoms with Crippen molar-refractivity contribution in [2.24, 2.45) is 0 Å². The largest absolute Gasteiger partial charge is 0.507 e. The molecule has 0 spiro atoms. The highest BCUT2D eigenvalue weighted by molar-refractivity contribution is 6.12. The minimum atomic E-state index is 0.345. The SMILES string of the molecule is COc1cc2c(O)c3c4c(ccnc4c2cc1OC)CCC3. The van der Waals surface area contributed by atoms with Gasteiger partial charge in [0.2, 0.25) is 0 Å². The molecule has 3 aromatic rings. The van der Waals surface area contributed by atoms with E-state index in [4.69, 9.17) is 9.47 Å². The van der Waals surface area contributed by atoms with Gasteiger partial charge in [0.25, 0.3) is 0 Å². The highest BCUT2D eigenvalue weighted by Gasteiger charge is 2.21. The molecule has 1 heterocycles. The maximum atomic E-state index is 10.8. The summed E-state index contributed by atoms with van der Waals surface area (Å²) in [6.45, 7) is 0. The molecule has 0 atom stereocenters. The fourth-order valence-electron chi connectivity index (χ4n) is 3.50. The Balaban J connectivity index is 2.23. The number of aryl methyl sites for hydroxylation is 2. The lowest BCUT2D eigenvalue weighted by Crippen LogP contribution is -2.03. The Kier molecular flexibility index (Phi) is 2.86. The molecular formula is C18H17NO3. The second-order valence-corrected chi connectivity index (χ2v) is 5.63. The molecular weight excluding hydrogens is 278 g/mol. The van der Waals surface area contributed by atoms with Crippen molar-refractivity contribution in [1.82, 2.24) is 4.98 Å². The van der Waals surface area contributed by atoms with Crippen LogP contribution in [0.3, 0.4) is 0 Å². The topological polar surface area (TPSA) is 51.6 Å². The van der Waals surface area contributed by atoms with Crippen LogP contribution in [-0.2, 0) is 12.8 Å². The first-order valence-corrected chi connectivity index (χ1v) is 7.41. The van der Waals surface area contributed by atoms with E-state index in [1.54, 1.807) is 14.2 Å². The van der Waals surface area contributed by atoms with E-state index in [2.05, 4.69) is 11.1 Å². The number of aromatic nitrogens is 1. The summed E-state index contributed by atoms with van der Waals surface area (Å²) in [4.78, 5) is 4.58. The molecule has 0 fully saturated rings. The Morgan fingerprint density at radius 3 is 2.50 bits per heavy atom. The van der Waals surface area contributed by atoms with Crippen LogP contribution in [0.15, 0.2) is 24.4 Å². The van der Waals surface area contributed by atoms with E-state index in [0.29, 0.717) is 17.2 Å². The van der Waals surface area contributed by atoms with Crippen molar-refractivity contribution in [3.63, 3.8) is 0 Å². The average Bonchev–Trinajstić information content (AvgIpc) is 2.58. The van der Waals surface area contributed by atoms with Crippen LogP contribution in [0.5, 0.6) is 17.2 Å². The molecule has 0 saturated heterocycles. The van der Waals surface area contributed by atoms with Crippen LogP contribution in [0.1, 0.15) is 17.5 Å². The van der Waals surface area contributed by atoms with E-state index in [-0.39, 0.29) is 0 Å². The van der Waals surface area contributed by atoms with Crippen molar-refractivity contribution in [3.8, 4) is 17.2 Å². The maximum Gasteiger partial charge on any atom is 0.161 e. The van der Waals surface area contributed by atoms with Gasteiger partial charge in [-0.1, -0.05) is 0 Å². The van der Waals surface area contributed by atoms with Crippen molar-refractivity contribution in [2.45, 2.75) is 19.3 Å². The van der Waals surface area contributed by atoms with Crippen molar-refractivity contribution in [1.29, 1.82) is 0 Å². The number of hydrogen-bond acceptors (Lipinski definition) is 4. The number of hydrogen-bond donors (Lipinski definition) is 1. The summed E-state index contributed by atoms with van der Waals surface area (Å²) in [6, 6.07) is 5.79. The summed E-state index contributed by atoms with van der Waals surface area (Å²) in [5.41, 5.74) is 3.20. The van der Waals surface area contributed by atoms with Crippen molar-refractivity contribution in [3.05, 3.63) is 35.5 Å². The van der Waals surface area contributed by atoms with Gasteiger partial charge in [-0.3, -0.25) is 4.98 Å². The second kappa shape index (κ2) is 4.77. The number of methoxy groups -OCH3 is 2. The van der Waals surface area contributed by atoms with Gasteiger partial charge in [0.05, 0.1) is 19.7 Å². The first kappa shape index (κ1) is 13.2. The average molecular weight is 295 g/mol. The normalized spacial score (nSPS) is 13.5. The number of pyridine rings is 1. The number of rotatable bonds is 2. The minimum Gasteiger partial charge on any atom is -0.507 e. The van der Waals surface area contributed by atoms with Crippen LogP contribution in [0.25, 0.3) is 21.7 Å². The Morgan fingerprint density at radius 2 is 1.77 bits per heavy atom. The highest BCUT2D eigenvalue weighted by Crippen LogP contribution is 2.44. The van der Waals surface area contributed by atoms with E-state index in [0.717, 1.165) is 46.5 Å². The maximum absolute atomic E-state index is 10.8. The monoisotopic (exact) mass is 295 g/mol. The highest BCUT2D eigenvalue weighted by atomic mass is 16.5. The van der Waals surface area contributed by atoms with Crippen LogP contribution in [0.2, 0.25) is 0 Å². The summed E-state index contributed by atoms with van der Waals surface area (Å²) >= 11 is 0. The molecule has 0 aliphatic heterocycles. The number of ether oxygens (including phenoxy) is 2. The van der Waals surface area contributed by atoms with Crippen molar-refractivity contribution < 1.29 is 14.6 Å². The van der Waals surface area contributed by atoms with Gasteiger partial charge in [0.1, 0.15) is 5.75 Å². The lowest BCUT2D eigenvalue weighted by molar-refractivity contribution is 0.355. The van der Waals surface area contributed by atoms with E-state index in [1.807, 2.05) is 18.3 Å². The van der Waals surface area contributed by atoms with Gasteiger partial charge in [-0.15, -0.1) is 0 Å². The third kappa shape index (κ3) is 1.67. The predicted molar refractivity (Wildman–Crippen MR) is 86.0 cm³/mol. The standard InChI is InChI=1S/C18H17NO3/c1-21-14-8-12-13(9-15(14)22-2)18(20)11-5-3-4-10-6-7-19-17(12)16(10)11/h6-9,20H,3-5H2,1-2H3. The first-order chi connectivity index (χ1) is 10.7. The molecule has 4 rings (SSSR count). The molecule has 4 nitrogen and oxygen atoms in total. The molecule has 1 aromatic heterocycles. The number of benzene rings is 2. The second-order valence-electron chi connectivity index (χ2n) is 5.63. The van der Waals surface area contributed by atoms with Crippen LogP contribution < -0.4 is 9.47 Å². The van der Waals surface area contributed by atoms with Crippen molar-refractivity contribution in [2.75, 3.05) is 14.2 Å². The number of fused-ring (bicyclic) bond motifs is 2. The van der Waals surface area contributed by atoms with Gasteiger partial charge in [-0.05, 0) is 43.0 Å². The summed E-state index contributed by atoms with van der Waals surface area (Å²) in [5.74, 6) is 1.61.